The number of ether oxygens (including phenoxy) is 1. The largest absolute Gasteiger partial charge is 0.378 e. The molecule has 7 nitrogen and oxygen atoms in total. The van der Waals surface area contributed by atoms with Crippen molar-refractivity contribution in [1.29, 1.82) is 0 Å². The molecule has 0 bridgehead atoms. The third-order valence-electron chi connectivity index (χ3n) is 4.72. The summed E-state index contributed by atoms with van der Waals surface area (Å²) in [6, 6.07) is 13.8. The van der Waals surface area contributed by atoms with Gasteiger partial charge in [0.05, 0.1) is 18.7 Å². The molecular formula is C21H18BrClN4O3. The van der Waals surface area contributed by atoms with Crippen LogP contribution in [0.15, 0.2) is 53.0 Å². The molecule has 0 saturated heterocycles. The topological polar surface area (TPSA) is 85.2 Å². The number of aromatic nitrogens is 2. The normalized spacial score (nSPS) is 15.0. The zero-order valence-corrected chi connectivity index (χ0v) is 18.3. The van der Waals surface area contributed by atoms with Gasteiger partial charge in [0.2, 0.25) is 5.91 Å². The van der Waals surface area contributed by atoms with Crippen molar-refractivity contribution in [2.24, 2.45) is 0 Å². The Balaban J connectivity index is 1.62. The van der Waals surface area contributed by atoms with Crippen molar-refractivity contribution in [3.05, 3.63) is 63.7 Å². The van der Waals surface area contributed by atoms with Gasteiger partial charge >= 0.3 is 0 Å². The maximum absolute atomic E-state index is 12.6. The highest BCUT2D eigenvalue weighted by Gasteiger charge is 2.37. The fourth-order valence-electron chi connectivity index (χ4n) is 3.42. The Morgan fingerprint density at radius 2 is 2.07 bits per heavy atom. The summed E-state index contributed by atoms with van der Waals surface area (Å²) in [7, 11) is 1.58. The van der Waals surface area contributed by atoms with Gasteiger partial charge in [0.1, 0.15) is 11.9 Å². The van der Waals surface area contributed by atoms with Crippen LogP contribution >= 0.6 is 27.5 Å². The number of fused-ring (bicyclic) bond motifs is 1. The number of benzene rings is 2. The first-order valence-corrected chi connectivity index (χ1v) is 10.4. The molecule has 1 atom stereocenters. The Morgan fingerprint density at radius 3 is 2.77 bits per heavy atom. The molecule has 30 heavy (non-hydrogen) atoms. The number of methoxy groups -OCH3 is 1. The van der Waals surface area contributed by atoms with Crippen molar-refractivity contribution in [2.45, 2.75) is 19.1 Å². The van der Waals surface area contributed by atoms with Gasteiger partial charge in [-0.1, -0.05) is 39.7 Å². The number of nitrogens with one attached hydrogen (secondary N) is 2. The molecule has 154 valence electrons. The number of halogens is 2. The van der Waals surface area contributed by atoms with Gasteiger partial charge in [-0.15, -0.1) is 0 Å². The molecule has 0 radical (unpaired) electrons. The van der Waals surface area contributed by atoms with Crippen molar-refractivity contribution in [3.8, 4) is 11.1 Å². The number of rotatable bonds is 6. The molecular weight excluding hydrogens is 472 g/mol. The second-order valence-electron chi connectivity index (χ2n) is 6.82. The van der Waals surface area contributed by atoms with Gasteiger partial charge in [-0.2, -0.15) is 5.10 Å². The van der Waals surface area contributed by atoms with E-state index in [-0.39, 0.29) is 24.8 Å². The summed E-state index contributed by atoms with van der Waals surface area (Å²) < 4.78 is 7.76. The van der Waals surface area contributed by atoms with Crippen LogP contribution in [0.2, 0.25) is 5.02 Å². The highest BCUT2D eigenvalue weighted by Crippen LogP contribution is 2.39. The summed E-state index contributed by atoms with van der Waals surface area (Å²) in [5, 5.41) is 10.8. The van der Waals surface area contributed by atoms with Crippen LogP contribution in [0.25, 0.3) is 11.1 Å². The lowest BCUT2D eigenvalue weighted by Crippen LogP contribution is -2.24. The Kier molecular flexibility index (Phi) is 5.90. The molecule has 3 aromatic rings. The van der Waals surface area contributed by atoms with E-state index in [4.69, 9.17) is 16.3 Å². The molecule has 1 aliphatic heterocycles. The fraction of sp³-hybridized carbons (Fsp3) is 0.190. The first-order valence-electron chi connectivity index (χ1n) is 9.19. The minimum atomic E-state index is -0.751. The number of anilines is 2. The predicted molar refractivity (Wildman–Crippen MR) is 118 cm³/mol. The number of nitrogens with zero attached hydrogens (tertiary/aromatic N) is 2. The lowest BCUT2D eigenvalue weighted by molar-refractivity contribution is -0.123. The van der Waals surface area contributed by atoms with E-state index in [0.29, 0.717) is 22.2 Å². The molecule has 1 aliphatic rings. The molecule has 0 spiro atoms. The first-order chi connectivity index (χ1) is 14.5. The molecule has 2 aromatic carbocycles. The van der Waals surface area contributed by atoms with Crippen molar-refractivity contribution in [3.63, 3.8) is 0 Å². The lowest BCUT2D eigenvalue weighted by atomic mass is 10.1. The molecule has 2 N–H and O–H groups in total. The molecule has 0 saturated carbocycles. The van der Waals surface area contributed by atoms with Crippen LogP contribution in [-0.4, -0.2) is 28.7 Å². The predicted octanol–water partition coefficient (Wildman–Crippen LogP) is 4.63. The Hall–Kier alpha value is -2.68. The number of carbonyl (C=O) groups is 2. The minimum absolute atomic E-state index is 0.0437. The van der Waals surface area contributed by atoms with E-state index in [1.54, 1.807) is 36.1 Å². The Labute approximate surface area is 186 Å². The molecule has 0 fully saturated rings. The van der Waals surface area contributed by atoms with Crippen LogP contribution < -0.4 is 10.6 Å². The maximum Gasteiger partial charge on any atom is 0.251 e. The van der Waals surface area contributed by atoms with Crippen LogP contribution in [0.5, 0.6) is 0 Å². The second kappa shape index (κ2) is 8.59. The van der Waals surface area contributed by atoms with E-state index < -0.39 is 6.04 Å². The zero-order chi connectivity index (χ0) is 21.3. The SMILES string of the molecule is COCc1nn2c(c1-c1cccc(Cl)c1)NC(=O)C2CC(=O)Nc1ccc(Br)cc1. The minimum Gasteiger partial charge on any atom is -0.378 e. The van der Waals surface area contributed by atoms with E-state index >= 15 is 0 Å². The maximum atomic E-state index is 12.6. The van der Waals surface area contributed by atoms with E-state index in [0.717, 1.165) is 15.6 Å². The Morgan fingerprint density at radius 1 is 1.30 bits per heavy atom. The van der Waals surface area contributed by atoms with Crippen molar-refractivity contribution >= 4 is 50.9 Å². The highest BCUT2D eigenvalue weighted by molar-refractivity contribution is 9.10. The van der Waals surface area contributed by atoms with Gasteiger partial charge in [-0.05, 0) is 42.0 Å². The average molecular weight is 490 g/mol. The van der Waals surface area contributed by atoms with E-state index in [1.807, 2.05) is 24.3 Å². The lowest BCUT2D eigenvalue weighted by Gasteiger charge is -2.10. The summed E-state index contributed by atoms with van der Waals surface area (Å²) in [6.45, 7) is 0.259. The summed E-state index contributed by atoms with van der Waals surface area (Å²) in [6.07, 6.45) is -0.0437. The van der Waals surface area contributed by atoms with Crippen molar-refractivity contribution in [2.75, 3.05) is 17.7 Å². The Bertz CT molecular complexity index is 1110. The van der Waals surface area contributed by atoms with Gasteiger partial charge < -0.3 is 15.4 Å². The third-order valence-corrected chi connectivity index (χ3v) is 5.49. The van der Waals surface area contributed by atoms with E-state index in [9.17, 15) is 9.59 Å². The molecule has 4 rings (SSSR count). The van der Waals surface area contributed by atoms with Crippen LogP contribution in [-0.2, 0) is 20.9 Å². The molecule has 1 aromatic heterocycles. The van der Waals surface area contributed by atoms with Gasteiger partial charge in [0.15, 0.2) is 0 Å². The molecule has 2 heterocycles. The summed E-state index contributed by atoms with van der Waals surface area (Å²) in [4.78, 5) is 25.2. The third kappa shape index (κ3) is 4.12. The fourth-order valence-corrected chi connectivity index (χ4v) is 3.88. The average Bonchev–Trinajstić information content (AvgIpc) is 3.19. The number of hydrogen-bond acceptors (Lipinski definition) is 4. The van der Waals surface area contributed by atoms with Gasteiger partial charge in [0.25, 0.3) is 5.91 Å². The second-order valence-corrected chi connectivity index (χ2v) is 8.17. The smallest absolute Gasteiger partial charge is 0.251 e. The van der Waals surface area contributed by atoms with Gasteiger partial charge in [-0.25, -0.2) is 4.68 Å². The summed E-state index contributed by atoms with van der Waals surface area (Å²) in [5.74, 6) is -0.0233. The quantitative estimate of drug-likeness (QED) is 0.528. The molecule has 1 unspecified atom stereocenters. The number of amides is 2. The first kappa shape index (κ1) is 20.6. The van der Waals surface area contributed by atoms with Gasteiger partial charge in [0, 0.05) is 27.9 Å². The van der Waals surface area contributed by atoms with Crippen LogP contribution in [0, 0.1) is 0 Å². The van der Waals surface area contributed by atoms with E-state index in [1.165, 1.54) is 0 Å². The van der Waals surface area contributed by atoms with Crippen molar-refractivity contribution < 1.29 is 14.3 Å². The van der Waals surface area contributed by atoms with Crippen LogP contribution in [0.1, 0.15) is 18.2 Å². The van der Waals surface area contributed by atoms with Crippen LogP contribution in [0.4, 0.5) is 11.5 Å². The summed E-state index contributed by atoms with van der Waals surface area (Å²) >= 11 is 9.51. The number of carbonyl (C=O) groups excluding carboxylic acids is 2. The zero-order valence-electron chi connectivity index (χ0n) is 16.0. The highest BCUT2D eigenvalue weighted by atomic mass is 79.9. The van der Waals surface area contributed by atoms with Gasteiger partial charge in [-0.3, -0.25) is 9.59 Å². The van der Waals surface area contributed by atoms with Crippen molar-refractivity contribution in [1.82, 2.24) is 9.78 Å². The molecule has 0 aliphatic carbocycles. The summed E-state index contributed by atoms with van der Waals surface area (Å²) in [5.41, 5.74) is 2.87. The standard InChI is InChI=1S/C21H18BrClN4O3/c1-30-11-16-19(12-3-2-4-14(23)9-12)20-25-21(29)17(27(20)26-16)10-18(28)24-15-7-5-13(22)6-8-15/h2-9,17H,10-11H2,1H3,(H,24,28)(H,25,29). The van der Waals surface area contributed by atoms with E-state index in [2.05, 4.69) is 31.7 Å². The molecule has 2 amide bonds. The monoisotopic (exact) mass is 488 g/mol. The van der Waals surface area contributed by atoms with Crippen LogP contribution in [0.3, 0.4) is 0 Å². The molecule has 9 heteroatoms. The number of hydrogen-bond donors (Lipinski definition) is 2.